The van der Waals surface area contributed by atoms with Gasteiger partial charge in [0.25, 0.3) is 0 Å². The summed E-state index contributed by atoms with van der Waals surface area (Å²) in [6.07, 6.45) is 0. The van der Waals surface area contributed by atoms with Crippen LogP contribution in [0.4, 0.5) is 5.95 Å². The van der Waals surface area contributed by atoms with Crippen LogP contribution in [0.2, 0.25) is 5.02 Å². The fourth-order valence-electron chi connectivity index (χ4n) is 2.30. The number of nitrogen functional groups attached to an aromatic ring is 1. The molecule has 0 aliphatic carbocycles. The Hall–Kier alpha value is -2.01. The molecule has 0 radical (unpaired) electrons. The van der Waals surface area contributed by atoms with Crippen molar-refractivity contribution in [2.24, 2.45) is 7.05 Å². The van der Waals surface area contributed by atoms with Gasteiger partial charge in [-0.3, -0.25) is 9.25 Å². The Balaban J connectivity index is 2.15. The van der Waals surface area contributed by atoms with Crippen molar-refractivity contribution in [3.05, 3.63) is 40.5 Å². The highest BCUT2D eigenvalue weighted by molar-refractivity contribution is 6.31. The van der Waals surface area contributed by atoms with E-state index in [1.807, 2.05) is 42.8 Å². The predicted molar refractivity (Wildman–Crippen MR) is 76.2 cm³/mol. The van der Waals surface area contributed by atoms with Crippen LogP contribution in [-0.2, 0) is 13.6 Å². The molecule has 0 unspecified atom stereocenters. The summed E-state index contributed by atoms with van der Waals surface area (Å²) in [6.45, 7) is 2.51. The van der Waals surface area contributed by atoms with Crippen molar-refractivity contribution in [3.63, 3.8) is 0 Å². The molecular formula is C13H14ClN5. The minimum atomic E-state index is 0.478. The van der Waals surface area contributed by atoms with Crippen molar-refractivity contribution in [3.8, 4) is 0 Å². The largest absolute Gasteiger partial charge is 0.369 e. The average Bonchev–Trinajstić information content (AvgIpc) is 2.82. The lowest BCUT2D eigenvalue weighted by Gasteiger charge is -2.08. The maximum atomic E-state index is 6.19. The first-order chi connectivity index (χ1) is 9.08. The van der Waals surface area contributed by atoms with Gasteiger partial charge in [0, 0.05) is 12.1 Å². The zero-order chi connectivity index (χ0) is 13.6. The number of nitrogens with two attached hydrogens (primary N) is 1. The molecule has 0 spiro atoms. The summed E-state index contributed by atoms with van der Waals surface area (Å²) < 4.78 is 3.72. The van der Waals surface area contributed by atoms with Gasteiger partial charge in [-0.1, -0.05) is 29.8 Å². The van der Waals surface area contributed by atoms with Crippen LogP contribution in [0.5, 0.6) is 0 Å². The normalized spacial score (nSPS) is 11.3. The Morgan fingerprint density at radius 2 is 2.05 bits per heavy atom. The molecule has 0 amide bonds. The van der Waals surface area contributed by atoms with E-state index < -0.39 is 0 Å². The Morgan fingerprint density at radius 3 is 2.79 bits per heavy atom. The molecule has 3 aromatic rings. The topological polar surface area (TPSA) is 61.7 Å². The highest BCUT2D eigenvalue weighted by Gasteiger charge is 2.16. The number of fused-ring (bicyclic) bond motifs is 1. The minimum Gasteiger partial charge on any atom is -0.369 e. The second-order valence-corrected chi connectivity index (χ2v) is 4.94. The molecule has 0 fully saturated rings. The molecule has 0 atom stereocenters. The van der Waals surface area contributed by atoms with Crippen molar-refractivity contribution < 1.29 is 0 Å². The first-order valence-electron chi connectivity index (χ1n) is 5.96. The van der Waals surface area contributed by atoms with Gasteiger partial charge >= 0.3 is 0 Å². The van der Waals surface area contributed by atoms with Gasteiger partial charge in [0.2, 0.25) is 5.95 Å². The van der Waals surface area contributed by atoms with Crippen molar-refractivity contribution in [1.82, 2.24) is 19.3 Å². The van der Waals surface area contributed by atoms with Gasteiger partial charge in [-0.2, -0.15) is 5.10 Å². The lowest BCUT2D eigenvalue weighted by molar-refractivity contribution is 0.726. The SMILES string of the molecule is Cc1nn(C)c2c1nc(N)n2Cc1ccccc1Cl. The highest BCUT2D eigenvalue weighted by atomic mass is 35.5. The molecule has 19 heavy (non-hydrogen) atoms. The molecule has 3 rings (SSSR count). The van der Waals surface area contributed by atoms with Crippen molar-refractivity contribution in [2.75, 3.05) is 5.73 Å². The van der Waals surface area contributed by atoms with E-state index in [4.69, 9.17) is 17.3 Å². The molecule has 6 heteroatoms. The number of benzene rings is 1. The summed E-state index contributed by atoms with van der Waals surface area (Å²) in [4.78, 5) is 4.37. The molecule has 2 aromatic heterocycles. The second-order valence-electron chi connectivity index (χ2n) is 4.53. The quantitative estimate of drug-likeness (QED) is 0.781. The monoisotopic (exact) mass is 275 g/mol. The van der Waals surface area contributed by atoms with Gasteiger partial charge in [0.15, 0.2) is 5.65 Å². The molecule has 0 bridgehead atoms. The van der Waals surface area contributed by atoms with E-state index in [-0.39, 0.29) is 0 Å². The van der Waals surface area contributed by atoms with Gasteiger partial charge in [-0.05, 0) is 18.6 Å². The summed E-state index contributed by atoms with van der Waals surface area (Å²) in [5, 5.41) is 5.09. The van der Waals surface area contributed by atoms with Gasteiger partial charge in [0.1, 0.15) is 5.52 Å². The third kappa shape index (κ3) is 1.86. The second kappa shape index (κ2) is 4.28. The number of aryl methyl sites for hydroxylation is 2. The number of anilines is 1. The van der Waals surface area contributed by atoms with Crippen LogP contribution in [0.1, 0.15) is 11.3 Å². The van der Waals surface area contributed by atoms with Crippen LogP contribution in [-0.4, -0.2) is 19.3 Å². The molecule has 0 saturated carbocycles. The lowest BCUT2D eigenvalue weighted by atomic mass is 10.2. The molecule has 5 nitrogen and oxygen atoms in total. The summed E-state index contributed by atoms with van der Waals surface area (Å²) in [7, 11) is 1.89. The first kappa shape index (κ1) is 12.0. The van der Waals surface area contributed by atoms with Gasteiger partial charge < -0.3 is 5.73 Å². The fraction of sp³-hybridized carbons (Fsp3) is 0.231. The van der Waals surface area contributed by atoms with Crippen LogP contribution in [0.15, 0.2) is 24.3 Å². The van der Waals surface area contributed by atoms with Crippen LogP contribution in [0.3, 0.4) is 0 Å². The third-order valence-electron chi connectivity index (χ3n) is 3.21. The predicted octanol–water partition coefficient (Wildman–Crippen LogP) is 2.36. The number of hydrogen-bond acceptors (Lipinski definition) is 3. The van der Waals surface area contributed by atoms with Crippen molar-refractivity contribution >= 4 is 28.7 Å². The fourth-order valence-corrected chi connectivity index (χ4v) is 2.50. The van der Waals surface area contributed by atoms with E-state index in [1.54, 1.807) is 4.68 Å². The Kier molecular flexibility index (Phi) is 2.71. The Labute approximate surface area is 115 Å². The van der Waals surface area contributed by atoms with Crippen LogP contribution in [0, 0.1) is 6.92 Å². The lowest BCUT2D eigenvalue weighted by Crippen LogP contribution is -2.08. The first-order valence-corrected chi connectivity index (χ1v) is 6.34. The zero-order valence-electron chi connectivity index (χ0n) is 10.8. The number of aromatic nitrogens is 4. The molecule has 0 saturated heterocycles. The number of hydrogen-bond donors (Lipinski definition) is 1. The Bertz CT molecular complexity index is 756. The van der Waals surface area contributed by atoms with E-state index in [9.17, 15) is 0 Å². The number of halogens is 1. The van der Waals surface area contributed by atoms with Crippen molar-refractivity contribution in [2.45, 2.75) is 13.5 Å². The summed E-state index contributed by atoms with van der Waals surface area (Å²) in [5.41, 5.74) is 9.64. The maximum absolute atomic E-state index is 6.19. The number of rotatable bonds is 2. The smallest absolute Gasteiger partial charge is 0.202 e. The van der Waals surface area contributed by atoms with E-state index in [0.717, 1.165) is 27.4 Å². The minimum absolute atomic E-state index is 0.478. The standard InChI is InChI=1S/C13H14ClN5/c1-8-11-12(18(2)17-8)19(13(15)16-11)7-9-5-3-4-6-10(9)14/h3-6H,7H2,1-2H3,(H2,15,16). The van der Waals surface area contributed by atoms with Crippen LogP contribution >= 0.6 is 11.6 Å². The van der Waals surface area contributed by atoms with Gasteiger partial charge in [-0.15, -0.1) is 0 Å². The van der Waals surface area contributed by atoms with E-state index in [2.05, 4.69) is 10.1 Å². The van der Waals surface area contributed by atoms with Crippen molar-refractivity contribution in [1.29, 1.82) is 0 Å². The molecule has 1 aromatic carbocycles. The molecule has 2 heterocycles. The number of nitrogens with zero attached hydrogens (tertiary/aromatic N) is 4. The van der Waals surface area contributed by atoms with Crippen LogP contribution in [0.25, 0.3) is 11.2 Å². The van der Waals surface area contributed by atoms with E-state index in [1.165, 1.54) is 0 Å². The molecule has 0 aliphatic rings. The number of imidazole rings is 1. The maximum Gasteiger partial charge on any atom is 0.202 e. The molecular weight excluding hydrogens is 262 g/mol. The molecule has 2 N–H and O–H groups in total. The molecule has 98 valence electrons. The summed E-state index contributed by atoms with van der Waals surface area (Å²) in [6, 6.07) is 7.72. The van der Waals surface area contributed by atoms with E-state index >= 15 is 0 Å². The summed E-state index contributed by atoms with van der Waals surface area (Å²) >= 11 is 6.19. The van der Waals surface area contributed by atoms with Gasteiger partial charge in [0.05, 0.1) is 12.2 Å². The van der Waals surface area contributed by atoms with Gasteiger partial charge in [-0.25, -0.2) is 4.98 Å². The van der Waals surface area contributed by atoms with E-state index in [0.29, 0.717) is 12.5 Å². The average molecular weight is 276 g/mol. The molecule has 0 aliphatic heterocycles. The third-order valence-corrected chi connectivity index (χ3v) is 3.57. The summed E-state index contributed by atoms with van der Waals surface area (Å²) in [5.74, 6) is 0.478. The van der Waals surface area contributed by atoms with Crippen LogP contribution < -0.4 is 5.73 Å². The Morgan fingerprint density at radius 1 is 1.32 bits per heavy atom. The zero-order valence-corrected chi connectivity index (χ0v) is 11.5. The highest BCUT2D eigenvalue weighted by Crippen LogP contribution is 2.23.